The molecule has 3 rings (SSSR count). The van der Waals surface area contributed by atoms with Gasteiger partial charge in [-0.2, -0.15) is 0 Å². The summed E-state index contributed by atoms with van der Waals surface area (Å²) in [7, 11) is 0. The molecule has 0 radical (unpaired) electrons. The Morgan fingerprint density at radius 3 is 2.74 bits per heavy atom. The highest BCUT2D eigenvalue weighted by Crippen LogP contribution is 2.23. The summed E-state index contributed by atoms with van der Waals surface area (Å²) >= 11 is 0. The van der Waals surface area contributed by atoms with Crippen molar-refractivity contribution in [2.45, 2.75) is 25.4 Å². The second-order valence-electron chi connectivity index (χ2n) is 4.64. The third-order valence-electron chi connectivity index (χ3n) is 3.31. The van der Waals surface area contributed by atoms with Crippen molar-refractivity contribution in [2.24, 2.45) is 5.73 Å². The van der Waals surface area contributed by atoms with Crippen LogP contribution in [0.15, 0.2) is 24.3 Å². The van der Waals surface area contributed by atoms with E-state index >= 15 is 0 Å². The first-order valence-corrected chi connectivity index (χ1v) is 6.20. The molecular weight excluding hydrogens is 244 g/mol. The number of nitrogens with two attached hydrogens (primary N) is 1. The van der Waals surface area contributed by atoms with E-state index in [1.165, 1.54) is 0 Å². The molecule has 0 bridgehead atoms. The van der Waals surface area contributed by atoms with E-state index in [9.17, 15) is 4.79 Å². The van der Waals surface area contributed by atoms with E-state index < -0.39 is 5.97 Å². The fourth-order valence-corrected chi connectivity index (χ4v) is 2.27. The number of aryl methyl sites for hydroxylation is 1. The van der Waals surface area contributed by atoms with Gasteiger partial charge >= 0.3 is 5.97 Å². The summed E-state index contributed by atoms with van der Waals surface area (Å²) in [4.78, 5) is 15.3. The average molecular weight is 258 g/mol. The number of hydrogen-bond donors (Lipinski definition) is 2. The SMILES string of the molecule is NC1CCCc2nc(-c3ccc(C(=O)O)cc3)nn21. The third-order valence-corrected chi connectivity index (χ3v) is 3.31. The van der Waals surface area contributed by atoms with E-state index in [0.29, 0.717) is 5.82 Å². The second-order valence-corrected chi connectivity index (χ2v) is 4.64. The van der Waals surface area contributed by atoms with Gasteiger partial charge in [-0.25, -0.2) is 14.5 Å². The van der Waals surface area contributed by atoms with Crippen LogP contribution in [0.25, 0.3) is 11.4 Å². The van der Waals surface area contributed by atoms with Crippen LogP contribution < -0.4 is 5.73 Å². The summed E-state index contributed by atoms with van der Waals surface area (Å²) in [6.45, 7) is 0. The van der Waals surface area contributed by atoms with Gasteiger partial charge in [0.15, 0.2) is 5.82 Å². The van der Waals surface area contributed by atoms with Gasteiger partial charge in [0.05, 0.1) is 5.56 Å². The predicted molar refractivity (Wildman–Crippen MR) is 68.6 cm³/mol. The molecule has 1 aliphatic rings. The summed E-state index contributed by atoms with van der Waals surface area (Å²) in [5.74, 6) is 0.561. The van der Waals surface area contributed by atoms with E-state index in [2.05, 4.69) is 10.1 Å². The molecule has 19 heavy (non-hydrogen) atoms. The highest BCUT2D eigenvalue weighted by atomic mass is 16.4. The van der Waals surface area contributed by atoms with Gasteiger partial charge < -0.3 is 10.8 Å². The number of carbonyl (C=O) groups is 1. The van der Waals surface area contributed by atoms with Gasteiger partial charge in [-0.15, -0.1) is 5.10 Å². The number of aromatic nitrogens is 3. The zero-order chi connectivity index (χ0) is 13.4. The third kappa shape index (κ3) is 2.10. The number of carboxylic acid groups (broad SMARTS) is 1. The minimum Gasteiger partial charge on any atom is -0.478 e. The van der Waals surface area contributed by atoms with Crippen molar-refractivity contribution in [3.63, 3.8) is 0 Å². The normalized spacial score (nSPS) is 18.1. The molecule has 6 heteroatoms. The lowest BCUT2D eigenvalue weighted by atomic mass is 10.1. The molecule has 1 aliphatic heterocycles. The Labute approximate surface area is 109 Å². The molecule has 3 N–H and O–H groups in total. The van der Waals surface area contributed by atoms with Crippen LogP contribution >= 0.6 is 0 Å². The molecule has 6 nitrogen and oxygen atoms in total. The molecule has 0 amide bonds. The fourth-order valence-electron chi connectivity index (χ4n) is 2.27. The number of rotatable bonds is 2. The van der Waals surface area contributed by atoms with Gasteiger partial charge in [0.25, 0.3) is 0 Å². The largest absolute Gasteiger partial charge is 0.478 e. The van der Waals surface area contributed by atoms with Gasteiger partial charge in [-0.05, 0) is 25.0 Å². The Bertz CT molecular complexity index is 618. The summed E-state index contributed by atoms with van der Waals surface area (Å²) in [5.41, 5.74) is 7.04. The lowest BCUT2D eigenvalue weighted by molar-refractivity contribution is 0.0697. The van der Waals surface area contributed by atoms with Crippen LogP contribution in [0.4, 0.5) is 0 Å². The van der Waals surface area contributed by atoms with Crippen molar-refractivity contribution in [3.8, 4) is 11.4 Å². The van der Waals surface area contributed by atoms with Crippen LogP contribution in [0.2, 0.25) is 0 Å². The number of aromatic carboxylic acids is 1. The maximum Gasteiger partial charge on any atom is 0.335 e. The smallest absolute Gasteiger partial charge is 0.335 e. The number of nitrogens with zero attached hydrogens (tertiary/aromatic N) is 3. The number of fused-ring (bicyclic) bond motifs is 1. The van der Waals surface area contributed by atoms with Crippen LogP contribution in [0.1, 0.15) is 35.2 Å². The zero-order valence-corrected chi connectivity index (χ0v) is 10.3. The highest BCUT2D eigenvalue weighted by Gasteiger charge is 2.20. The van der Waals surface area contributed by atoms with Crippen molar-refractivity contribution in [1.82, 2.24) is 14.8 Å². The lowest BCUT2D eigenvalue weighted by Gasteiger charge is -2.18. The molecule has 1 aromatic heterocycles. The van der Waals surface area contributed by atoms with Crippen molar-refractivity contribution >= 4 is 5.97 Å². The first-order chi connectivity index (χ1) is 9.15. The molecule has 1 aromatic carbocycles. The van der Waals surface area contributed by atoms with E-state index in [0.717, 1.165) is 30.7 Å². The Balaban J connectivity index is 1.96. The van der Waals surface area contributed by atoms with E-state index in [1.807, 2.05) is 0 Å². The van der Waals surface area contributed by atoms with Gasteiger partial charge in [0.1, 0.15) is 12.0 Å². The summed E-state index contributed by atoms with van der Waals surface area (Å²) < 4.78 is 1.77. The quantitative estimate of drug-likeness (QED) is 0.850. The van der Waals surface area contributed by atoms with Gasteiger partial charge in [-0.1, -0.05) is 12.1 Å². The lowest BCUT2D eigenvalue weighted by Crippen LogP contribution is -2.25. The standard InChI is InChI=1S/C13H14N4O2/c14-10-2-1-3-11-15-12(16-17(10)11)8-4-6-9(7-5-8)13(18)19/h4-7,10H,1-3,14H2,(H,18,19). The van der Waals surface area contributed by atoms with Crippen molar-refractivity contribution in [1.29, 1.82) is 0 Å². The predicted octanol–water partition coefficient (Wildman–Crippen LogP) is 1.44. The molecule has 1 atom stereocenters. The molecule has 1 unspecified atom stereocenters. The molecular formula is C13H14N4O2. The van der Waals surface area contributed by atoms with Crippen molar-refractivity contribution in [3.05, 3.63) is 35.7 Å². The molecule has 2 heterocycles. The maximum atomic E-state index is 10.8. The molecule has 0 saturated heterocycles. The van der Waals surface area contributed by atoms with Gasteiger partial charge in [0, 0.05) is 12.0 Å². The molecule has 0 saturated carbocycles. The molecule has 2 aromatic rings. The first-order valence-electron chi connectivity index (χ1n) is 6.20. The van der Waals surface area contributed by atoms with Gasteiger partial charge in [0.2, 0.25) is 0 Å². The Hall–Kier alpha value is -2.21. The van der Waals surface area contributed by atoms with E-state index in [-0.39, 0.29) is 11.7 Å². The first kappa shape index (κ1) is 11.9. The van der Waals surface area contributed by atoms with Gasteiger partial charge in [-0.3, -0.25) is 0 Å². The molecule has 0 fully saturated rings. The number of carboxylic acids is 1. The Morgan fingerprint density at radius 2 is 2.11 bits per heavy atom. The monoisotopic (exact) mass is 258 g/mol. The van der Waals surface area contributed by atoms with Crippen LogP contribution in [-0.4, -0.2) is 25.8 Å². The van der Waals surface area contributed by atoms with Crippen LogP contribution in [-0.2, 0) is 6.42 Å². The molecule has 0 aliphatic carbocycles. The molecule has 98 valence electrons. The summed E-state index contributed by atoms with van der Waals surface area (Å²) in [6, 6.07) is 6.54. The minimum atomic E-state index is -0.939. The van der Waals surface area contributed by atoms with E-state index in [4.69, 9.17) is 10.8 Å². The minimum absolute atomic E-state index is 0.108. The fraction of sp³-hybridized carbons (Fsp3) is 0.308. The zero-order valence-electron chi connectivity index (χ0n) is 10.3. The highest BCUT2D eigenvalue weighted by molar-refractivity contribution is 5.88. The Morgan fingerprint density at radius 1 is 1.37 bits per heavy atom. The van der Waals surface area contributed by atoms with E-state index in [1.54, 1.807) is 28.9 Å². The Kier molecular flexibility index (Phi) is 2.79. The topological polar surface area (TPSA) is 94.0 Å². The average Bonchev–Trinajstić information content (AvgIpc) is 2.84. The second kappa shape index (κ2) is 4.47. The van der Waals surface area contributed by atoms with Crippen LogP contribution in [0.5, 0.6) is 0 Å². The molecule has 0 spiro atoms. The summed E-state index contributed by atoms with van der Waals surface area (Å²) in [6.07, 6.45) is 2.71. The van der Waals surface area contributed by atoms with Crippen LogP contribution in [0, 0.1) is 0 Å². The summed E-state index contributed by atoms with van der Waals surface area (Å²) in [5, 5.41) is 13.3. The van der Waals surface area contributed by atoms with Crippen molar-refractivity contribution < 1.29 is 9.90 Å². The van der Waals surface area contributed by atoms with Crippen LogP contribution in [0.3, 0.4) is 0 Å². The maximum absolute atomic E-state index is 10.8. The number of hydrogen-bond acceptors (Lipinski definition) is 4. The van der Waals surface area contributed by atoms with Crippen molar-refractivity contribution in [2.75, 3.05) is 0 Å². The number of benzene rings is 1.